The second-order valence-electron chi connectivity index (χ2n) is 7.11. The SMILES string of the molecule is COc1ccc(-c2ccc(N3CCCC(C(=O)Nc4cc(C)no4)C3)nn2)cc1. The first-order chi connectivity index (χ1) is 14.1. The van der Waals surface area contributed by atoms with Crippen molar-refractivity contribution in [3.05, 3.63) is 48.2 Å². The minimum Gasteiger partial charge on any atom is -0.497 e. The molecular weight excluding hydrogens is 370 g/mol. The Kier molecular flexibility index (Phi) is 5.41. The number of anilines is 2. The fourth-order valence-electron chi connectivity index (χ4n) is 3.45. The molecule has 1 unspecified atom stereocenters. The number of hydrogen-bond donors (Lipinski definition) is 1. The Morgan fingerprint density at radius 3 is 2.69 bits per heavy atom. The Labute approximate surface area is 168 Å². The summed E-state index contributed by atoms with van der Waals surface area (Å²) in [5.74, 6) is 1.76. The zero-order valence-corrected chi connectivity index (χ0v) is 16.5. The van der Waals surface area contributed by atoms with Gasteiger partial charge in [0.15, 0.2) is 5.82 Å². The van der Waals surface area contributed by atoms with Crippen molar-refractivity contribution in [1.29, 1.82) is 0 Å². The smallest absolute Gasteiger partial charge is 0.231 e. The summed E-state index contributed by atoms with van der Waals surface area (Å²) in [6.07, 6.45) is 1.74. The van der Waals surface area contributed by atoms with Crippen molar-refractivity contribution in [3.8, 4) is 17.0 Å². The molecule has 1 aliphatic rings. The monoisotopic (exact) mass is 393 g/mol. The number of nitrogens with zero attached hydrogens (tertiary/aromatic N) is 4. The quantitative estimate of drug-likeness (QED) is 0.711. The van der Waals surface area contributed by atoms with Crippen LogP contribution in [0.2, 0.25) is 0 Å². The summed E-state index contributed by atoms with van der Waals surface area (Å²) >= 11 is 0. The Bertz CT molecular complexity index is 969. The molecule has 3 aromatic rings. The first-order valence-corrected chi connectivity index (χ1v) is 9.59. The van der Waals surface area contributed by atoms with E-state index in [0.717, 1.165) is 47.9 Å². The highest BCUT2D eigenvalue weighted by atomic mass is 16.5. The van der Waals surface area contributed by atoms with Crippen LogP contribution >= 0.6 is 0 Å². The number of nitrogens with one attached hydrogen (secondary N) is 1. The van der Waals surface area contributed by atoms with Crippen LogP contribution in [0.25, 0.3) is 11.3 Å². The van der Waals surface area contributed by atoms with Gasteiger partial charge in [0.1, 0.15) is 5.75 Å². The Hall–Kier alpha value is -3.42. The van der Waals surface area contributed by atoms with Crippen LogP contribution < -0.4 is 15.0 Å². The third-order valence-corrected chi connectivity index (χ3v) is 5.03. The molecule has 0 saturated carbocycles. The molecule has 1 fully saturated rings. The second kappa shape index (κ2) is 8.30. The molecule has 0 aliphatic carbocycles. The van der Waals surface area contributed by atoms with Gasteiger partial charge >= 0.3 is 0 Å². The minimum atomic E-state index is -0.141. The number of aromatic nitrogens is 3. The van der Waals surface area contributed by atoms with Crippen molar-refractivity contribution in [1.82, 2.24) is 15.4 Å². The van der Waals surface area contributed by atoms with Gasteiger partial charge < -0.3 is 14.2 Å². The van der Waals surface area contributed by atoms with Gasteiger partial charge in [0.25, 0.3) is 0 Å². The molecule has 0 radical (unpaired) electrons. The lowest BCUT2D eigenvalue weighted by Gasteiger charge is -2.32. The van der Waals surface area contributed by atoms with E-state index in [2.05, 4.69) is 25.6 Å². The Balaban J connectivity index is 1.41. The van der Waals surface area contributed by atoms with Crippen LogP contribution in [0.5, 0.6) is 5.75 Å². The Morgan fingerprint density at radius 2 is 2.03 bits per heavy atom. The lowest BCUT2D eigenvalue weighted by molar-refractivity contribution is -0.120. The minimum absolute atomic E-state index is 0.0614. The van der Waals surface area contributed by atoms with Gasteiger partial charge in [0, 0.05) is 24.7 Å². The number of ether oxygens (including phenoxy) is 1. The first-order valence-electron chi connectivity index (χ1n) is 9.59. The van der Waals surface area contributed by atoms with Crippen LogP contribution in [0.15, 0.2) is 47.0 Å². The number of carbonyl (C=O) groups is 1. The number of carbonyl (C=O) groups excluding carboxylic acids is 1. The summed E-state index contributed by atoms with van der Waals surface area (Å²) in [5.41, 5.74) is 2.50. The van der Waals surface area contributed by atoms with Gasteiger partial charge in [-0.3, -0.25) is 10.1 Å². The molecule has 3 heterocycles. The van der Waals surface area contributed by atoms with Gasteiger partial charge in [-0.05, 0) is 56.2 Å². The number of hydrogen-bond acceptors (Lipinski definition) is 7. The van der Waals surface area contributed by atoms with Gasteiger partial charge in [-0.25, -0.2) is 0 Å². The standard InChI is InChI=1S/C21H23N5O3/c1-14-12-20(29-25-14)22-21(27)16-4-3-11-26(13-16)19-10-9-18(23-24-19)15-5-7-17(28-2)8-6-15/h5-10,12,16H,3-4,11,13H2,1-2H3,(H,22,27). The summed E-state index contributed by atoms with van der Waals surface area (Å²) in [5, 5.41) is 15.3. The van der Waals surface area contributed by atoms with Gasteiger partial charge in [0.2, 0.25) is 11.8 Å². The van der Waals surface area contributed by atoms with E-state index in [1.807, 2.05) is 43.3 Å². The molecule has 8 nitrogen and oxygen atoms in total. The van der Waals surface area contributed by atoms with Crippen LogP contribution in [0.4, 0.5) is 11.7 Å². The highest BCUT2D eigenvalue weighted by Crippen LogP contribution is 2.25. The zero-order chi connectivity index (χ0) is 20.2. The number of rotatable bonds is 5. The van der Waals surface area contributed by atoms with Gasteiger partial charge in [0.05, 0.1) is 24.4 Å². The average Bonchev–Trinajstić information content (AvgIpc) is 3.18. The molecule has 2 aromatic heterocycles. The van der Waals surface area contributed by atoms with Gasteiger partial charge in [-0.2, -0.15) is 0 Å². The molecule has 1 saturated heterocycles. The van der Waals surface area contributed by atoms with E-state index in [1.54, 1.807) is 13.2 Å². The average molecular weight is 393 g/mol. The van der Waals surface area contributed by atoms with E-state index < -0.39 is 0 Å². The van der Waals surface area contributed by atoms with Crippen molar-refractivity contribution in [2.45, 2.75) is 19.8 Å². The van der Waals surface area contributed by atoms with E-state index in [-0.39, 0.29) is 11.8 Å². The molecule has 1 aromatic carbocycles. The summed E-state index contributed by atoms with van der Waals surface area (Å²) in [6, 6.07) is 13.3. The van der Waals surface area contributed by atoms with E-state index in [9.17, 15) is 4.79 Å². The molecule has 8 heteroatoms. The maximum absolute atomic E-state index is 12.6. The largest absolute Gasteiger partial charge is 0.497 e. The van der Waals surface area contributed by atoms with Gasteiger partial charge in [-0.15, -0.1) is 10.2 Å². The lowest BCUT2D eigenvalue weighted by Crippen LogP contribution is -2.41. The van der Waals surface area contributed by atoms with E-state index in [1.165, 1.54) is 0 Å². The molecule has 1 atom stereocenters. The van der Waals surface area contributed by atoms with Crippen LogP contribution in [-0.4, -0.2) is 41.5 Å². The molecular formula is C21H23N5O3. The van der Waals surface area contributed by atoms with Crippen LogP contribution in [-0.2, 0) is 4.79 Å². The summed E-state index contributed by atoms with van der Waals surface area (Å²) in [6.45, 7) is 3.26. The van der Waals surface area contributed by atoms with Crippen LogP contribution in [0.1, 0.15) is 18.5 Å². The fraction of sp³-hybridized carbons (Fsp3) is 0.333. The number of amides is 1. The number of aryl methyl sites for hydroxylation is 1. The molecule has 1 N–H and O–H groups in total. The molecule has 0 bridgehead atoms. The number of methoxy groups -OCH3 is 1. The van der Waals surface area contributed by atoms with Crippen LogP contribution in [0.3, 0.4) is 0 Å². The van der Waals surface area contributed by atoms with Crippen molar-refractivity contribution >= 4 is 17.6 Å². The van der Waals surface area contributed by atoms with Crippen molar-refractivity contribution in [3.63, 3.8) is 0 Å². The van der Waals surface area contributed by atoms with Gasteiger partial charge in [-0.1, -0.05) is 5.16 Å². The molecule has 150 valence electrons. The van der Waals surface area contributed by atoms with E-state index >= 15 is 0 Å². The van der Waals surface area contributed by atoms with Crippen molar-refractivity contribution < 1.29 is 14.1 Å². The molecule has 4 rings (SSSR count). The first kappa shape index (κ1) is 18.9. The normalized spacial score (nSPS) is 16.5. The number of benzene rings is 1. The highest BCUT2D eigenvalue weighted by Gasteiger charge is 2.27. The molecule has 1 amide bonds. The fourth-order valence-corrected chi connectivity index (χ4v) is 3.45. The Morgan fingerprint density at radius 1 is 1.21 bits per heavy atom. The molecule has 1 aliphatic heterocycles. The predicted molar refractivity (Wildman–Crippen MR) is 109 cm³/mol. The second-order valence-corrected chi connectivity index (χ2v) is 7.11. The zero-order valence-electron chi connectivity index (χ0n) is 16.5. The summed E-state index contributed by atoms with van der Waals surface area (Å²) < 4.78 is 10.3. The van der Waals surface area contributed by atoms with Crippen LogP contribution in [0, 0.1) is 12.8 Å². The predicted octanol–water partition coefficient (Wildman–Crippen LogP) is 3.30. The topological polar surface area (TPSA) is 93.4 Å². The lowest BCUT2D eigenvalue weighted by atomic mass is 9.97. The van der Waals surface area contributed by atoms with E-state index in [0.29, 0.717) is 12.4 Å². The third kappa shape index (κ3) is 4.37. The third-order valence-electron chi connectivity index (χ3n) is 5.03. The summed E-state index contributed by atoms with van der Waals surface area (Å²) in [7, 11) is 1.64. The van der Waals surface area contributed by atoms with Crippen molar-refractivity contribution in [2.24, 2.45) is 5.92 Å². The van der Waals surface area contributed by atoms with E-state index in [4.69, 9.17) is 9.26 Å². The maximum atomic E-state index is 12.6. The highest BCUT2D eigenvalue weighted by molar-refractivity contribution is 5.91. The molecule has 0 spiro atoms. The van der Waals surface area contributed by atoms with Crippen molar-refractivity contribution in [2.75, 3.05) is 30.4 Å². The summed E-state index contributed by atoms with van der Waals surface area (Å²) in [4.78, 5) is 14.7. The molecule has 29 heavy (non-hydrogen) atoms. The maximum Gasteiger partial charge on any atom is 0.231 e. The number of piperidine rings is 1.